The second-order valence-electron chi connectivity index (χ2n) is 5.95. The lowest BCUT2D eigenvalue weighted by atomic mass is 10.1. The summed E-state index contributed by atoms with van der Waals surface area (Å²) in [4.78, 5) is 12.6. The molecule has 0 aromatic heterocycles. The van der Waals surface area contributed by atoms with Crippen LogP contribution >= 0.6 is 11.6 Å². The van der Waals surface area contributed by atoms with Crippen LogP contribution in [0.5, 0.6) is 0 Å². The summed E-state index contributed by atoms with van der Waals surface area (Å²) in [7, 11) is -2.29. The van der Waals surface area contributed by atoms with Gasteiger partial charge in [-0.2, -0.15) is 4.72 Å². The fourth-order valence-corrected chi connectivity index (χ4v) is 3.78. The van der Waals surface area contributed by atoms with E-state index in [1.165, 1.54) is 24.3 Å². The van der Waals surface area contributed by atoms with E-state index < -0.39 is 16.1 Å². The van der Waals surface area contributed by atoms with Crippen LogP contribution in [0.2, 0.25) is 5.02 Å². The Morgan fingerprint density at radius 1 is 1.11 bits per heavy atom. The Balaban J connectivity index is 2.15. The molecule has 0 unspecified atom stereocenters. The van der Waals surface area contributed by atoms with Crippen LogP contribution in [-0.2, 0) is 26.0 Å². The molecule has 0 heterocycles. The number of benzene rings is 2. The van der Waals surface area contributed by atoms with Gasteiger partial charge in [-0.1, -0.05) is 41.9 Å². The Hall–Kier alpha value is -1.93. The average molecular weight is 411 g/mol. The molecule has 2 aromatic carbocycles. The van der Waals surface area contributed by atoms with E-state index in [0.717, 1.165) is 5.56 Å². The van der Waals surface area contributed by atoms with Crippen LogP contribution in [0.3, 0.4) is 0 Å². The van der Waals surface area contributed by atoms with Gasteiger partial charge in [0.05, 0.1) is 4.90 Å². The first-order chi connectivity index (χ1) is 12.9. The highest BCUT2D eigenvalue weighted by Crippen LogP contribution is 2.15. The van der Waals surface area contributed by atoms with Crippen molar-refractivity contribution in [2.24, 2.45) is 0 Å². The average Bonchev–Trinajstić information content (AvgIpc) is 2.65. The summed E-state index contributed by atoms with van der Waals surface area (Å²) >= 11 is 5.82. The first-order valence-corrected chi connectivity index (χ1v) is 10.4. The van der Waals surface area contributed by atoms with Crippen molar-refractivity contribution in [3.05, 3.63) is 65.2 Å². The molecule has 0 radical (unpaired) electrons. The molecule has 0 bridgehead atoms. The Labute approximate surface area is 164 Å². The second kappa shape index (κ2) is 10.4. The molecule has 6 nitrogen and oxygen atoms in total. The number of hydrogen-bond donors (Lipinski definition) is 2. The van der Waals surface area contributed by atoms with E-state index in [0.29, 0.717) is 24.6 Å². The lowest BCUT2D eigenvalue weighted by molar-refractivity contribution is -0.122. The SMILES string of the molecule is COCCCNC(=O)[C@H](Cc1ccccc1)NS(=O)(=O)c1ccc(Cl)cc1. The molecule has 0 aliphatic carbocycles. The quantitative estimate of drug-likeness (QED) is 0.589. The molecule has 0 saturated carbocycles. The zero-order chi connectivity index (χ0) is 19.7. The summed E-state index contributed by atoms with van der Waals surface area (Å²) in [6, 6.07) is 14.1. The van der Waals surface area contributed by atoms with Crippen LogP contribution in [0.1, 0.15) is 12.0 Å². The maximum atomic E-state index is 12.7. The van der Waals surface area contributed by atoms with Gasteiger partial charge in [0, 0.05) is 25.3 Å². The number of carbonyl (C=O) groups is 1. The monoisotopic (exact) mass is 410 g/mol. The molecule has 0 spiro atoms. The first kappa shape index (κ1) is 21.4. The topological polar surface area (TPSA) is 84.5 Å². The Bertz CT molecular complexity index is 827. The molecule has 2 aromatic rings. The molecule has 1 amide bonds. The van der Waals surface area contributed by atoms with E-state index in [2.05, 4.69) is 10.0 Å². The van der Waals surface area contributed by atoms with Crippen LogP contribution in [0.25, 0.3) is 0 Å². The predicted octanol–water partition coefficient (Wildman–Crippen LogP) is 2.38. The van der Waals surface area contributed by atoms with Gasteiger partial charge >= 0.3 is 0 Å². The van der Waals surface area contributed by atoms with E-state index in [9.17, 15) is 13.2 Å². The van der Waals surface area contributed by atoms with Gasteiger partial charge in [0.2, 0.25) is 15.9 Å². The lowest BCUT2D eigenvalue weighted by Crippen LogP contribution is -2.48. The largest absolute Gasteiger partial charge is 0.385 e. The number of methoxy groups -OCH3 is 1. The Kier molecular flexibility index (Phi) is 8.24. The van der Waals surface area contributed by atoms with Crippen molar-refractivity contribution in [2.75, 3.05) is 20.3 Å². The minimum Gasteiger partial charge on any atom is -0.385 e. The number of sulfonamides is 1. The molecule has 8 heteroatoms. The van der Waals surface area contributed by atoms with Crippen LogP contribution < -0.4 is 10.0 Å². The van der Waals surface area contributed by atoms with Crippen molar-refractivity contribution in [3.63, 3.8) is 0 Å². The maximum Gasteiger partial charge on any atom is 0.241 e. The van der Waals surface area contributed by atoms with Crippen molar-refractivity contribution >= 4 is 27.5 Å². The van der Waals surface area contributed by atoms with Gasteiger partial charge in [-0.3, -0.25) is 4.79 Å². The molecule has 0 fully saturated rings. The second-order valence-corrected chi connectivity index (χ2v) is 8.11. The van der Waals surface area contributed by atoms with Crippen molar-refractivity contribution < 1.29 is 17.9 Å². The maximum absolute atomic E-state index is 12.7. The van der Waals surface area contributed by atoms with Crippen molar-refractivity contribution in [1.29, 1.82) is 0 Å². The number of hydrogen-bond acceptors (Lipinski definition) is 4. The minimum atomic E-state index is -3.87. The first-order valence-electron chi connectivity index (χ1n) is 8.51. The van der Waals surface area contributed by atoms with Crippen molar-refractivity contribution in [2.45, 2.75) is 23.8 Å². The molecule has 2 rings (SSSR count). The van der Waals surface area contributed by atoms with Gasteiger partial charge < -0.3 is 10.1 Å². The van der Waals surface area contributed by atoms with Gasteiger partial charge in [0.15, 0.2) is 0 Å². The molecule has 1 atom stereocenters. The summed E-state index contributed by atoms with van der Waals surface area (Å²) in [5.41, 5.74) is 0.855. The summed E-state index contributed by atoms with van der Waals surface area (Å²) < 4.78 is 32.8. The van der Waals surface area contributed by atoms with Crippen LogP contribution in [0.15, 0.2) is 59.5 Å². The molecule has 0 saturated heterocycles. The third kappa shape index (κ3) is 6.95. The molecule has 2 N–H and O–H groups in total. The standard InChI is InChI=1S/C19H23ClN2O4S/c1-26-13-5-12-21-19(23)18(14-15-6-3-2-4-7-15)22-27(24,25)17-10-8-16(20)9-11-17/h2-4,6-11,18,22H,5,12-14H2,1H3,(H,21,23)/t18-/m0/s1. The lowest BCUT2D eigenvalue weighted by Gasteiger charge is -2.19. The van der Waals surface area contributed by atoms with E-state index in [1.54, 1.807) is 7.11 Å². The van der Waals surface area contributed by atoms with Gasteiger partial charge in [-0.15, -0.1) is 0 Å². The number of amides is 1. The Morgan fingerprint density at radius 3 is 2.41 bits per heavy atom. The highest BCUT2D eigenvalue weighted by atomic mass is 35.5. The smallest absolute Gasteiger partial charge is 0.241 e. The highest BCUT2D eigenvalue weighted by molar-refractivity contribution is 7.89. The van der Waals surface area contributed by atoms with Crippen LogP contribution in [0.4, 0.5) is 0 Å². The van der Waals surface area contributed by atoms with Crippen LogP contribution in [-0.4, -0.2) is 40.6 Å². The van der Waals surface area contributed by atoms with Gasteiger partial charge in [0.25, 0.3) is 0 Å². The molecular formula is C19H23ClN2O4S. The number of ether oxygens (including phenoxy) is 1. The third-order valence-electron chi connectivity index (χ3n) is 3.84. The zero-order valence-corrected chi connectivity index (χ0v) is 16.6. The Morgan fingerprint density at radius 2 is 1.78 bits per heavy atom. The highest BCUT2D eigenvalue weighted by Gasteiger charge is 2.25. The molecule has 146 valence electrons. The summed E-state index contributed by atoms with van der Waals surface area (Å²) in [6.45, 7) is 0.917. The van der Waals surface area contributed by atoms with E-state index in [4.69, 9.17) is 16.3 Å². The van der Waals surface area contributed by atoms with E-state index in [1.807, 2.05) is 30.3 Å². The van der Waals surface area contributed by atoms with Crippen molar-refractivity contribution in [3.8, 4) is 0 Å². The van der Waals surface area contributed by atoms with Gasteiger partial charge in [-0.05, 0) is 42.7 Å². The fourth-order valence-electron chi connectivity index (χ4n) is 2.46. The number of carbonyl (C=O) groups excluding carboxylic acids is 1. The minimum absolute atomic E-state index is 0.0529. The molecule has 0 aliphatic rings. The summed E-state index contributed by atoms with van der Waals surface area (Å²) in [5.74, 6) is -0.382. The number of nitrogens with one attached hydrogen (secondary N) is 2. The van der Waals surface area contributed by atoms with Crippen molar-refractivity contribution in [1.82, 2.24) is 10.0 Å². The molecular weight excluding hydrogens is 388 g/mol. The van der Waals surface area contributed by atoms with E-state index in [-0.39, 0.29) is 17.2 Å². The zero-order valence-electron chi connectivity index (χ0n) is 15.0. The molecule has 0 aliphatic heterocycles. The predicted molar refractivity (Wildman–Crippen MR) is 105 cm³/mol. The van der Waals surface area contributed by atoms with Gasteiger partial charge in [-0.25, -0.2) is 8.42 Å². The third-order valence-corrected chi connectivity index (χ3v) is 5.58. The number of halogens is 1. The normalized spacial score (nSPS) is 12.5. The van der Waals surface area contributed by atoms with Gasteiger partial charge in [0.1, 0.15) is 6.04 Å². The van der Waals surface area contributed by atoms with E-state index >= 15 is 0 Å². The summed E-state index contributed by atoms with van der Waals surface area (Å²) in [5, 5.41) is 3.19. The summed E-state index contributed by atoms with van der Waals surface area (Å²) in [6.07, 6.45) is 0.883. The fraction of sp³-hybridized carbons (Fsp3) is 0.316. The molecule has 27 heavy (non-hydrogen) atoms. The number of rotatable bonds is 10. The van der Waals surface area contributed by atoms with Crippen LogP contribution in [0, 0.1) is 0 Å².